The van der Waals surface area contributed by atoms with Crippen molar-refractivity contribution in [2.24, 2.45) is 0 Å². The first-order valence-electron chi connectivity index (χ1n) is 8.73. The van der Waals surface area contributed by atoms with E-state index in [0.29, 0.717) is 18.8 Å². The van der Waals surface area contributed by atoms with Crippen LogP contribution in [0.15, 0.2) is 41.6 Å². The first-order chi connectivity index (χ1) is 12.5. The summed E-state index contributed by atoms with van der Waals surface area (Å²) < 4.78 is 26.7. The molecule has 0 atom stereocenters. The number of rotatable bonds is 5. The number of piperidine rings is 1. The van der Waals surface area contributed by atoms with Crippen LogP contribution in [0.25, 0.3) is 0 Å². The SMILES string of the molecule is CCc1ccnc(C(=O)Nc2ccc(S(=O)(=O)N3CCCCC3)cn2)c1. The highest BCUT2D eigenvalue weighted by atomic mass is 32.2. The van der Waals surface area contributed by atoms with Crippen LogP contribution in [0.2, 0.25) is 0 Å². The van der Waals surface area contributed by atoms with Crippen LogP contribution in [0.5, 0.6) is 0 Å². The van der Waals surface area contributed by atoms with Gasteiger partial charge in [-0.25, -0.2) is 13.4 Å². The summed E-state index contributed by atoms with van der Waals surface area (Å²) in [4.78, 5) is 20.6. The molecule has 0 spiro atoms. The van der Waals surface area contributed by atoms with Crippen LogP contribution in [-0.2, 0) is 16.4 Å². The van der Waals surface area contributed by atoms with Gasteiger partial charge in [0.2, 0.25) is 10.0 Å². The minimum absolute atomic E-state index is 0.142. The van der Waals surface area contributed by atoms with E-state index in [-0.39, 0.29) is 16.6 Å². The number of hydrogen-bond donors (Lipinski definition) is 1. The average molecular weight is 374 g/mol. The topological polar surface area (TPSA) is 92.3 Å². The summed E-state index contributed by atoms with van der Waals surface area (Å²) in [5.41, 5.74) is 1.32. The molecular weight excluding hydrogens is 352 g/mol. The molecule has 0 aliphatic carbocycles. The Morgan fingerprint density at radius 1 is 1.15 bits per heavy atom. The van der Waals surface area contributed by atoms with Gasteiger partial charge in [-0.2, -0.15) is 4.31 Å². The van der Waals surface area contributed by atoms with E-state index in [1.165, 1.54) is 22.6 Å². The standard InChI is InChI=1S/C18H22N4O3S/c1-2-14-8-9-19-16(12-14)18(23)21-17-7-6-15(13-20-17)26(24,25)22-10-4-3-5-11-22/h6-9,12-13H,2-5,10-11H2,1H3,(H,20,21,23). The molecule has 0 aromatic carbocycles. The van der Waals surface area contributed by atoms with E-state index in [1.807, 2.05) is 13.0 Å². The maximum absolute atomic E-state index is 12.6. The van der Waals surface area contributed by atoms with Crippen molar-refractivity contribution >= 4 is 21.7 Å². The monoisotopic (exact) mass is 374 g/mol. The van der Waals surface area contributed by atoms with Crippen molar-refractivity contribution in [2.75, 3.05) is 18.4 Å². The fraction of sp³-hybridized carbons (Fsp3) is 0.389. The fourth-order valence-corrected chi connectivity index (χ4v) is 4.32. The van der Waals surface area contributed by atoms with Gasteiger partial charge >= 0.3 is 0 Å². The van der Waals surface area contributed by atoms with Crippen LogP contribution in [0.3, 0.4) is 0 Å². The first kappa shape index (κ1) is 18.5. The summed E-state index contributed by atoms with van der Waals surface area (Å²) >= 11 is 0. The van der Waals surface area contributed by atoms with Crippen molar-refractivity contribution in [2.45, 2.75) is 37.5 Å². The number of pyridine rings is 2. The lowest BCUT2D eigenvalue weighted by atomic mass is 10.2. The number of nitrogens with zero attached hydrogens (tertiary/aromatic N) is 3. The predicted octanol–water partition coefficient (Wildman–Crippen LogP) is 2.47. The van der Waals surface area contributed by atoms with Crippen LogP contribution in [0.1, 0.15) is 42.2 Å². The maximum Gasteiger partial charge on any atom is 0.275 e. The lowest BCUT2D eigenvalue weighted by Gasteiger charge is -2.25. The second-order valence-electron chi connectivity index (χ2n) is 6.20. The Labute approximate surface area is 153 Å². The van der Waals surface area contributed by atoms with Gasteiger partial charge in [-0.1, -0.05) is 13.3 Å². The van der Waals surface area contributed by atoms with E-state index >= 15 is 0 Å². The molecule has 7 nitrogen and oxygen atoms in total. The zero-order valence-corrected chi connectivity index (χ0v) is 15.5. The van der Waals surface area contributed by atoms with Crippen molar-refractivity contribution in [3.8, 4) is 0 Å². The molecule has 0 unspecified atom stereocenters. The lowest BCUT2D eigenvalue weighted by Crippen LogP contribution is -2.35. The molecule has 0 saturated carbocycles. The van der Waals surface area contributed by atoms with Gasteiger partial charge in [0, 0.05) is 25.5 Å². The van der Waals surface area contributed by atoms with Gasteiger partial charge < -0.3 is 5.32 Å². The Kier molecular flexibility index (Phi) is 5.63. The Hall–Kier alpha value is -2.32. The number of aryl methyl sites for hydroxylation is 1. The largest absolute Gasteiger partial charge is 0.305 e. The zero-order chi connectivity index (χ0) is 18.6. The summed E-state index contributed by atoms with van der Waals surface area (Å²) in [6.07, 6.45) is 6.51. The summed E-state index contributed by atoms with van der Waals surface area (Å²) in [6.45, 7) is 3.08. The van der Waals surface area contributed by atoms with Crippen molar-refractivity contribution in [3.05, 3.63) is 47.9 Å². The molecule has 1 aliphatic heterocycles. The number of nitrogens with one attached hydrogen (secondary N) is 1. The molecule has 26 heavy (non-hydrogen) atoms. The number of sulfonamides is 1. The summed E-state index contributed by atoms with van der Waals surface area (Å²) in [7, 11) is -3.52. The summed E-state index contributed by atoms with van der Waals surface area (Å²) in [5.74, 6) is -0.0873. The highest BCUT2D eigenvalue weighted by molar-refractivity contribution is 7.89. The van der Waals surface area contributed by atoms with Crippen LogP contribution in [0.4, 0.5) is 5.82 Å². The van der Waals surface area contributed by atoms with Gasteiger partial charge in [-0.15, -0.1) is 0 Å². The minimum atomic E-state index is -3.52. The Morgan fingerprint density at radius 2 is 1.92 bits per heavy atom. The van der Waals surface area contributed by atoms with Gasteiger partial charge in [-0.05, 0) is 49.1 Å². The van der Waals surface area contributed by atoms with Gasteiger partial charge in [-0.3, -0.25) is 9.78 Å². The molecule has 2 aromatic heterocycles. The second-order valence-corrected chi connectivity index (χ2v) is 8.14. The van der Waals surface area contributed by atoms with Gasteiger partial charge in [0.15, 0.2) is 0 Å². The third-order valence-corrected chi connectivity index (χ3v) is 6.28. The molecular formula is C18H22N4O3S. The third kappa shape index (κ3) is 4.08. The molecule has 3 rings (SSSR count). The van der Waals surface area contributed by atoms with Crippen LogP contribution < -0.4 is 5.32 Å². The number of carbonyl (C=O) groups excluding carboxylic acids is 1. The van der Waals surface area contributed by atoms with Gasteiger partial charge in [0.05, 0.1) is 0 Å². The highest BCUT2D eigenvalue weighted by Gasteiger charge is 2.26. The number of aromatic nitrogens is 2. The van der Waals surface area contributed by atoms with Crippen molar-refractivity contribution < 1.29 is 13.2 Å². The van der Waals surface area contributed by atoms with Crippen molar-refractivity contribution in [1.82, 2.24) is 14.3 Å². The number of amides is 1. The van der Waals surface area contributed by atoms with Crippen LogP contribution in [0, 0.1) is 0 Å². The van der Waals surface area contributed by atoms with E-state index in [2.05, 4.69) is 15.3 Å². The fourth-order valence-electron chi connectivity index (χ4n) is 2.86. The van der Waals surface area contributed by atoms with Gasteiger partial charge in [0.25, 0.3) is 5.91 Å². The maximum atomic E-state index is 12.6. The van der Waals surface area contributed by atoms with Crippen molar-refractivity contribution in [3.63, 3.8) is 0 Å². The van der Waals surface area contributed by atoms with Crippen molar-refractivity contribution in [1.29, 1.82) is 0 Å². The lowest BCUT2D eigenvalue weighted by molar-refractivity contribution is 0.102. The second kappa shape index (κ2) is 7.92. The molecule has 138 valence electrons. The molecule has 1 N–H and O–H groups in total. The summed E-state index contributed by atoms with van der Waals surface area (Å²) in [5, 5.41) is 2.65. The first-order valence-corrected chi connectivity index (χ1v) is 10.2. The van der Waals surface area contributed by atoms with E-state index in [4.69, 9.17) is 0 Å². The smallest absolute Gasteiger partial charge is 0.275 e. The highest BCUT2D eigenvalue weighted by Crippen LogP contribution is 2.20. The molecule has 1 fully saturated rings. The van der Waals surface area contributed by atoms with Crippen LogP contribution in [-0.4, -0.2) is 41.7 Å². The normalized spacial score (nSPS) is 15.6. The molecule has 8 heteroatoms. The van der Waals surface area contributed by atoms with Crippen LogP contribution >= 0.6 is 0 Å². The van der Waals surface area contributed by atoms with E-state index < -0.39 is 10.0 Å². The molecule has 3 heterocycles. The predicted molar refractivity (Wildman–Crippen MR) is 98.4 cm³/mol. The average Bonchev–Trinajstić information content (AvgIpc) is 2.69. The molecule has 2 aromatic rings. The number of carbonyl (C=O) groups is 1. The third-order valence-electron chi connectivity index (χ3n) is 4.40. The molecule has 1 saturated heterocycles. The Balaban J connectivity index is 1.72. The van der Waals surface area contributed by atoms with Gasteiger partial charge in [0.1, 0.15) is 16.4 Å². The molecule has 0 bridgehead atoms. The molecule has 1 amide bonds. The zero-order valence-electron chi connectivity index (χ0n) is 14.7. The summed E-state index contributed by atoms with van der Waals surface area (Å²) in [6, 6.07) is 6.56. The van der Waals surface area contributed by atoms with E-state index in [9.17, 15) is 13.2 Å². The number of hydrogen-bond acceptors (Lipinski definition) is 5. The molecule has 1 aliphatic rings. The Morgan fingerprint density at radius 3 is 2.58 bits per heavy atom. The number of anilines is 1. The molecule has 0 radical (unpaired) electrons. The Bertz CT molecular complexity index is 876. The quantitative estimate of drug-likeness (QED) is 0.868. The minimum Gasteiger partial charge on any atom is -0.305 e. The van der Waals surface area contributed by atoms with E-state index in [0.717, 1.165) is 31.2 Å². The van der Waals surface area contributed by atoms with E-state index in [1.54, 1.807) is 12.3 Å².